The molecular weight excluding hydrogens is 425 g/mol. The molecule has 0 bridgehead atoms. The number of esters is 1. The minimum Gasteiger partial charge on any atom is -0.494 e. The number of carbonyl (C=O) groups is 1. The van der Waals surface area contributed by atoms with Gasteiger partial charge < -0.3 is 18.6 Å². The van der Waals surface area contributed by atoms with Gasteiger partial charge in [0.1, 0.15) is 11.4 Å². The fraction of sp³-hybridized carbons (Fsp3) is 0.440. The average molecular weight is 454 g/mol. The molecule has 3 aromatic rings. The number of halogens is 1. The molecule has 8 heteroatoms. The zero-order chi connectivity index (χ0) is 23.4. The second-order valence-corrected chi connectivity index (χ2v) is 9.03. The molecular formula is C25H28FN3O4. The molecule has 1 saturated carbocycles. The van der Waals surface area contributed by atoms with Crippen molar-refractivity contribution in [1.82, 2.24) is 14.0 Å². The highest BCUT2D eigenvalue weighted by atomic mass is 19.1. The van der Waals surface area contributed by atoms with E-state index in [1.807, 2.05) is 16.8 Å². The summed E-state index contributed by atoms with van der Waals surface area (Å²) >= 11 is 0. The van der Waals surface area contributed by atoms with Crippen LogP contribution in [0.15, 0.2) is 29.3 Å². The first-order valence-corrected chi connectivity index (χ1v) is 11.4. The van der Waals surface area contributed by atoms with Gasteiger partial charge in [0.15, 0.2) is 5.75 Å². The van der Waals surface area contributed by atoms with E-state index in [-0.39, 0.29) is 23.6 Å². The van der Waals surface area contributed by atoms with E-state index < -0.39 is 17.2 Å². The highest BCUT2D eigenvalue weighted by Gasteiger charge is 2.31. The second kappa shape index (κ2) is 8.02. The summed E-state index contributed by atoms with van der Waals surface area (Å²) in [7, 11) is 3.57. The van der Waals surface area contributed by atoms with Gasteiger partial charge >= 0.3 is 5.97 Å². The molecule has 0 amide bonds. The van der Waals surface area contributed by atoms with Crippen LogP contribution in [0.1, 0.15) is 48.8 Å². The quantitative estimate of drug-likeness (QED) is 0.547. The number of nitrogens with zero attached hydrogens (tertiary/aromatic N) is 3. The highest BCUT2D eigenvalue weighted by Crippen LogP contribution is 2.44. The molecule has 0 N–H and O–H groups in total. The molecule has 0 radical (unpaired) electrons. The zero-order valence-corrected chi connectivity index (χ0v) is 19.4. The van der Waals surface area contributed by atoms with E-state index in [1.54, 1.807) is 13.1 Å². The van der Waals surface area contributed by atoms with E-state index in [0.29, 0.717) is 28.4 Å². The van der Waals surface area contributed by atoms with Crippen LogP contribution in [0.2, 0.25) is 0 Å². The van der Waals surface area contributed by atoms with Crippen molar-refractivity contribution < 1.29 is 18.7 Å². The van der Waals surface area contributed by atoms with Crippen LogP contribution >= 0.6 is 0 Å². The SMILES string of the molecule is CCOC(=O)c1cn(C2CC2)c2c(OC)c(-c3cc4n(c3)C[C@H](C)N(C)C4)c(F)cc2c1=O. The van der Waals surface area contributed by atoms with Gasteiger partial charge in [-0.25, -0.2) is 9.18 Å². The number of methoxy groups -OCH3 is 1. The van der Waals surface area contributed by atoms with Crippen molar-refractivity contribution in [3.05, 3.63) is 51.8 Å². The number of fused-ring (bicyclic) bond motifs is 2. The third-order valence-electron chi connectivity index (χ3n) is 6.76. The first-order valence-electron chi connectivity index (χ1n) is 11.4. The Morgan fingerprint density at radius 3 is 2.67 bits per heavy atom. The van der Waals surface area contributed by atoms with Gasteiger partial charge in [0.25, 0.3) is 0 Å². The Balaban J connectivity index is 1.76. The summed E-state index contributed by atoms with van der Waals surface area (Å²) in [4.78, 5) is 27.9. The molecule has 0 unspecified atom stereocenters. The third kappa shape index (κ3) is 3.53. The van der Waals surface area contributed by atoms with E-state index in [1.165, 1.54) is 13.2 Å². The predicted molar refractivity (Wildman–Crippen MR) is 123 cm³/mol. The van der Waals surface area contributed by atoms with E-state index in [0.717, 1.165) is 31.6 Å². The number of rotatable bonds is 5. The molecule has 1 fully saturated rings. The second-order valence-electron chi connectivity index (χ2n) is 9.03. The minimum absolute atomic E-state index is 0.0817. The fourth-order valence-corrected chi connectivity index (χ4v) is 4.74. The molecule has 1 atom stereocenters. The Morgan fingerprint density at radius 2 is 2.00 bits per heavy atom. The van der Waals surface area contributed by atoms with Crippen molar-refractivity contribution >= 4 is 16.9 Å². The Labute approximate surface area is 191 Å². The molecule has 1 aliphatic heterocycles. The largest absolute Gasteiger partial charge is 0.494 e. The molecule has 2 aromatic heterocycles. The number of hydrogen-bond acceptors (Lipinski definition) is 5. The van der Waals surface area contributed by atoms with Crippen molar-refractivity contribution in [2.24, 2.45) is 0 Å². The lowest BCUT2D eigenvalue weighted by Crippen LogP contribution is -2.37. The van der Waals surface area contributed by atoms with Gasteiger partial charge in [0.05, 0.1) is 30.2 Å². The monoisotopic (exact) mass is 453 g/mol. The van der Waals surface area contributed by atoms with Crippen molar-refractivity contribution in [1.29, 1.82) is 0 Å². The molecule has 5 rings (SSSR count). The fourth-order valence-electron chi connectivity index (χ4n) is 4.74. The van der Waals surface area contributed by atoms with Crippen LogP contribution in [-0.2, 0) is 17.8 Å². The van der Waals surface area contributed by atoms with E-state index in [4.69, 9.17) is 9.47 Å². The summed E-state index contributed by atoms with van der Waals surface area (Å²) in [6.07, 6.45) is 5.34. The molecule has 0 saturated heterocycles. The number of benzene rings is 1. The van der Waals surface area contributed by atoms with Gasteiger partial charge in [-0.1, -0.05) is 0 Å². The standard InChI is InChI=1S/C25H28FN3O4/c1-5-33-25(31)19-13-29(16-6-7-16)22-18(23(19)30)9-20(26)21(24(22)32-4)15-8-17-12-27(3)14(2)10-28(17)11-15/h8-9,11,13-14,16H,5-7,10,12H2,1-4H3/t14-/m0/s1. The maximum absolute atomic E-state index is 15.6. The predicted octanol–water partition coefficient (Wildman–Crippen LogP) is 3.96. The topological polar surface area (TPSA) is 65.7 Å². The molecule has 2 aliphatic rings. The summed E-state index contributed by atoms with van der Waals surface area (Å²) in [5, 5.41) is 0.128. The Hall–Kier alpha value is -3.13. The molecule has 3 heterocycles. The lowest BCUT2D eigenvalue weighted by molar-refractivity contribution is 0.0524. The zero-order valence-electron chi connectivity index (χ0n) is 19.4. The summed E-state index contributed by atoms with van der Waals surface area (Å²) in [6.45, 7) is 5.59. The number of ether oxygens (including phenoxy) is 2. The van der Waals surface area contributed by atoms with Crippen LogP contribution in [0.3, 0.4) is 0 Å². The van der Waals surface area contributed by atoms with Crippen molar-refractivity contribution in [3.63, 3.8) is 0 Å². The summed E-state index contributed by atoms with van der Waals surface area (Å²) in [5.41, 5.74) is 2.04. The molecule has 174 valence electrons. The number of likely N-dealkylation sites (N-methyl/N-ethyl adjacent to an activating group) is 1. The van der Waals surface area contributed by atoms with Gasteiger partial charge in [0, 0.05) is 48.8 Å². The van der Waals surface area contributed by atoms with Crippen LogP contribution < -0.4 is 10.2 Å². The van der Waals surface area contributed by atoms with Gasteiger partial charge in [-0.05, 0) is 45.9 Å². The first kappa shape index (κ1) is 21.7. The van der Waals surface area contributed by atoms with E-state index in [9.17, 15) is 9.59 Å². The first-order chi connectivity index (χ1) is 15.8. The van der Waals surface area contributed by atoms with Crippen LogP contribution in [-0.4, -0.2) is 46.8 Å². The van der Waals surface area contributed by atoms with Crippen molar-refractivity contribution in [2.75, 3.05) is 20.8 Å². The van der Waals surface area contributed by atoms with Gasteiger partial charge in [-0.3, -0.25) is 9.69 Å². The maximum atomic E-state index is 15.6. The van der Waals surface area contributed by atoms with E-state index in [2.05, 4.69) is 23.4 Å². The van der Waals surface area contributed by atoms with Crippen LogP contribution in [0.5, 0.6) is 5.75 Å². The Bertz CT molecular complexity index is 1290. The molecule has 0 spiro atoms. The highest BCUT2D eigenvalue weighted by molar-refractivity contribution is 5.98. The third-order valence-corrected chi connectivity index (χ3v) is 6.76. The maximum Gasteiger partial charge on any atom is 0.343 e. The summed E-state index contributed by atoms with van der Waals surface area (Å²) < 4.78 is 30.5. The molecule has 7 nitrogen and oxygen atoms in total. The van der Waals surface area contributed by atoms with Crippen molar-refractivity contribution in [2.45, 2.75) is 51.9 Å². The normalized spacial score (nSPS) is 18.4. The number of pyridine rings is 1. The van der Waals surface area contributed by atoms with Gasteiger partial charge in [-0.2, -0.15) is 0 Å². The number of aromatic nitrogens is 2. The Morgan fingerprint density at radius 1 is 1.24 bits per heavy atom. The molecule has 33 heavy (non-hydrogen) atoms. The lowest BCUT2D eigenvalue weighted by Gasteiger charge is -2.31. The van der Waals surface area contributed by atoms with Crippen molar-refractivity contribution in [3.8, 4) is 16.9 Å². The Kier molecular flexibility index (Phi) is 5.28. The smallest absolute Gasteiger partial charge is 0.343 e. The van der Waals surface area contributed by atoms with Crippen LogP contribution in [0.4, 0.5) is 4.39 Å². The van der Waals surface area contributed by atoms with Gasteiger partial charge in [0.2, 0.25) is 5.43 Å². The number of hydrogen-bond donors (Lipinski definition) is 0. The summed E-state index contributed by atoms with van der Waals surface area (Å²) in [5.74, 6) is -0.932. The summed E-state index contributed by atoms with van der Waals surface area (Å²) in [6, 6.07) is 3.73. The van der Waals surface area contributed by atoms with Crippen LogP contribution in [0, 0.1) is 5.82 Å². The molecule has 1 aliphatic carbocycles. The minimum atomic E-state index is -0.694. The molecule has 1 aromatic carbocycles. The van der Waals surface area contributed by atoms with Crippen LogP contribution in [0.25, 0.3) is 22.0 Å². The van der Waals surface area contributed by atoms with E-state index >= 15 is 4.39 Å². The lowest BCUT2D eigenvalue weighted by atomic mass is 10.0. The number of carbonyl (C=O) groups excluding carboxylic acids is 1. The average Bonchev–Trinajstić information content (AvgIpc) is 3.55. The van der Waals surface area contributed by atoms with Gasteiger partial charge in [-0.15, -0.1) is 0 Å².